The number of rotatable bonds is 7. The molecule has 0 heterocycles. The maximum Gasteiger partial charge on any atom is 0.0285 e. The number of aryl methyl sites for hydroxylation is 1. The molecule has 0 bridgehead atoms. The maximum absolute atomic E-state index is 3.86. The molecule has 3 rings (SSSR count). The van der Waals surface area contributed by atoms with E-state index in [2.05, 4.69) is 71.4 Å². The van der Waals surface area contributed by atoms with Crippen molar-refractivity contribution in [1.82, 2.24) is 0 Å². The van der Waals surface area contributed by atoms with Crippen molar-refractivity contribution in [2.24, 2.45) is 0 Å². The predicted octanol–water partition coefficient (Wildman–Crippen LogP) is 7.66. The van der Waals surface area contributed by atoms with Crippen LogP contribution in [-0.4, -0.2) is 0 Å². The first-order valence-corrected chi connectivity index (χ1v) is 9.69. The van der Waals surface area contributed by atoms with Crippen LogP contribution in [0.1, 0.15) is 51.0 Å². The minimum absolute atomic E-state index is 1.18. The summed E-state index contributed by atoms with van der Waals surface area (Å²) in [7, 11) is 0. The van der Waals surface area contributed by atoms with Crippen LogP contribution in [0.15, 0.2) is 53.0 Å². The lowest BCUT2D eigenvalue weighted by Crippen LogP contribution is -1.90. The first-order chi connectivity index (χ1) is 11.3. The van der Waals surface area contributed by atoms with E-state index in [-0.39, 0.29) is 0 Å². The molecule has 0 amide bonds. The highest BCUT2D eigenvalue weighted by Gasteiger charge is 2.07. The zero-order valence-corrected chi connectivity index (χ0v) is 15.5. The molecule has 0 aliphatic heterocycles. The molecule has 3 aromatic rings. The number of hydrogen-bond donors (Lipinski definition) is 0. The fourth-order valence-corrected chi connectivity index (χ4v) is 4.06. The molecular weight excluding hydrogens is 344 g/mol. The lowest BCUT2D eigenvalue weighted by atomic mass is 9.98. The lowest BCUT2D eigenvalue weighted by Gasteiger charge is -2.10. The fraction of sp³-hybridized carbons (Fsp3) is 0.364. The third-order valence-corrected chi connectivity index (χ3v) is 5.68. The van der Waals surface area contributed by atoms with E-state index in [4.69, 9.17) is 0 Å². The average Bonchev–Trinajstić information content (AvgIpc) is 2.59. The summed E-state index contributed by atoms with van der Waals surface area (Å²) < 4.78 is 1.29. The van der Waals surface area contributed by atoms with Crippen molar-refractivity contribution >= 4 is 37.5 Å². The van der Waals surface area contributed by atoms with Crippen LogP contribution in [0.4, 0.5) is 0 Å². The van der Waals surface area contributed by atoms with Gasteiger partial charge in [0.1, 0.15) is 0 Å². The van der Waals surface area contributed by atoms with Gasteiger partial charge in [-0.3, -0.25) is 0 Å². The first-order valence-electron chi connectivity index (χ1n) is 8.90. The van der Waals surface area contributed by atoms with Gasteiger partial charge in [0.05, 0.1) is 0 Å². The highest BCUT2D eigenvalue weighted by atomic mass is 79.9. The number of hydrogen-bond acceptors (Lipinski definition) is 0. The van der Waals surface area contributed by atoms with Gasteiger partial charge in [0.25, 0.3) is 0 Å². The SMILES string of the molecule is CCCCCCCCc1ccc2c(ccc3ccccc32)c1Br. The Labute approximate surface area is 148 Å². The second-order valence-electron chi connectivity index (χ2n) is 6.44. The lowest BCUT2D eigenvalue weighted by molar-refractivity contribution is 0.607. The summed E-state index contributed by atoms with van der Waals surface area (Å²) >= 11 is 3.86. The van der Waals surface area contributed by atoms with Crippen LogP contribution >= 0.6 is 15.9 Å². The topological polar surface area (TPSA) is 0 Å². The molecule has 0 spiro atoms. The molecular formula is C22H25Br. The van der Waals surface area contributed by atoms with Crippen LogP contribution < -0.4 is 0 Å². The average molecular weight is 369 g/mol. The minimum atomic E-state index is 1.18. The smallest absolute Gasteiger partial charge is 0.0285 e. The summed E-state index contributed by atoms with van der Waals surface area (Å²) in [4.78, 5) is 0. The summed E-state index contributed by atoms with van der Waals surface area (Å²) in [6.45, 7) is 2.27. The summed E-state index contributed by atoms with van der Waals surface area (Å²) in [6, 6.07) is 17.7. The van der Waals surface area contributed by atoms with Crippen LogP contribution in [0.5, 0.6) is 0 Å². The maximum atomic E-state index is 3.86. The Balaban J connectivity index is 1.78. The van der Waals surface area contributed by atoms with Gasteiger partial charge in [-0.2, -0.15) is 0 Å². The van der Waals surface area contributed by atoms with Gasteiger partial charge in [0.2, 0.25) is 0 Å². The molecule has 0 unspecified atom stereocenters. The molecule has 1 heteroatoms. The molecule has 0 fully saturated rings. The molecule has 0 aromatic heterocycles. The molecule has 0 atom stereocenters. The predicted molar refractivity (Wildman–Crippen MR) is 106 cm³/mol. The monoisotopic (exact) mass is 368 g/mol. The second kappa shape index (κ2) is 7.97. The third kappa shape index (κ3) is 3.77. The van der Waals surface area contributed by atoms with E-state index in [9.17, 15) is 0 Å². The van der Waals surface area contributed by atoms with Crippen molar-refractivity contribution in [1.29, 1.82) is 0 Å². The largest absolute Gasteiger partial charge is 0.0654 e. The standard InChI is InChI=1S/C22H25Br/c1-2-3-4-5-6-7-11-18-14-15-20-19-12-9-8-10-17(19)13-16-21(20)22(18)23/h8-10,12-16H,2-7,11H2,1H3. The highest BCUT2D eigenvalue weighted by molar-refractivity contribution is 9.10. The van der Waals surface area contributed by atoms with Gasteiger partial charge in [-0.15, -0.1) is 0 Å². The number of unbranched alkanes of at least 4 members (excludes halogenated alkanes) is 5. The summed E-state index contributed by atoms with van der Waals surface area (Å²) in [6.07, 6.45) is 9.29. The van der Waals surface area contributed by atoms with Crippen molar-refractivity contribution in [3.05, 3.63) is 58.6 Å². The third-order valence-electron chi connectivity index (χ3n) is 4.74. The van der Waals surface area contributed by atoms with Gasteiger partial charge in [0, 0.05) is 4.47 Å². The molecule has 0 aliphatic carbocycles. The number of halogens is 1. The van der Waals surface area contributed by atoms with E-state index in [1.54, 1.807) is 0 Å². The zero-order valence-electron chi connectivity index (χ0n) is 13.9. The van der Waals surface area contributed by atoms with Crippen LogP contribution in [-0.2, 0) is 6.42 Å². The summed E-state index contributed by atoms with van der Waals surface area (Å²) in [5.41, 5.74) is 1.45. The molecule has 0 nitrogen and oxygen atoms in total. The Morgan fingerprint density at radius 3 is 2.30 bits per heavy atom. The number of fused-ring (bicyclic) bond motifs is 3. The molecule has 23 heavy (non-hydrogen) atoms. The molecule has 0 N–H and O–H groups in total. The van der Waals surface area contributed by atoms with E-state index in [1.165, 1.54) is 76.5 Å². The number of benzene rings is 3. The Bertz CT molecular complexity index is 788. The van der Waals surface area contributed by atoms with Crippen molar-refractivity contribution in [3.63, 3.8) is 0 Å². The van der Waals surface area contributed by atoms with E-state index in [1.807, 2.05) is 0 Å². The van der Waals surface area contributed by atoms with Crippen molar-refractivity contribution in [2.75, 3.05) is 0 Å². The van der Waals surface area contributed by atoms with Crippen LogP contribution in [0.2, 0.25) is 0 Å². The van der Waals surface area contributed by atoms with Crippen molar-refractivity contribution in [3.8, 4) is 0 Å². The highest BCUT2D eigenvalue weighted by Crippen LogP contribution is 2.33. The Kier molecular flexibility index (Phi) is 5.72. The van der Waals surface area contributed by atoms with Gasteiger partial charge in [0.15, 0.2) is 0 Å². The van der Waals surface area contributed by atoms with Crippen LogP contribution in [0.3, 0.4) is 0 Å². The minimum Gasteiger partial charge on any atom is -0.0654 e. The summed E-state index contributed by atoms with van der Waals surface area (Å²) in [5, 5.41) is 5.35. The van der Waals surface area contributed by atoms with E-state index < -0.39 is 0 Å². The second-order valence-corrected chi connectivity index (χ2v) is 7.23. The molecule has 0 aliphatic rings. The molecule has 120 valence electrons. The Hall–Kier alpha value is -1.34. The van der Waals surface area contributed by atoms with Crippen molar-refractivity contribution < 1.29 is 0 Å². The van der Waals surface area contributed by atoms with E-state index in [0.29, 0.717) is 0 Å². The molecule has 0 saturated heterocycles. The Morgan fingerprint density at radius 2 is 1.43 bits per heavy atom. The molecule has 0 saturated carbocycles. The van der Waals surface area contributed by atoms with E-state index in [0.717, 1.165) is 0 Å². The van der Waals surface area contributed by atoms with Crippen molar-refractivity contribution in [2.45, 2.75) is 51.9 Å². The van der Waals surface area contributed by atoms with Gasteiger partial charge in [-0.25, -0.2) is 0 Å². The zero-order chi connectivity index (χ0) is 16.1. The van der Waals surface area contributed by atoms with E-state index >= 15 is 0 Å². The van der Waals surface area contributed by atoms with Gasteiger partial charge in [-0.1, -0.05) is 87.6 Å². The van der Waals surface area contributed by atoms with Gasteiger partial charge >= 0.3 is 0 Å². The van der Waals surface area contributed by atoms with Crippen LogP contribution in [0.25, 0.3) is 21.5 Å². The first kappa shape index (κ1) is 16.5. The normalized spacial score (nSPS) is 11.4. The Morgan fingerprint density at radius 1 is 0.696 bits per heavy atom. The molecule has 3 aromatic carbocycles. The van der Waals surface area contributed by atoms with Crippen LogP contribution in [0, 0.1) is 0 Å². The summed E-state index contributed by atoms with van der Waals surface area (Å²) in [5.74, 6) is 0. The van der Waals surface area contributed by atoms with Gasteiger partial charge in [-0.05, 0) is 55.9 Å². The quantitative estimate of drug-likeness (QED) is 0.296. The molecule has 0 radical (unpaired) electrons. The van der Waals surface area contributed by atoms with Gasteiger partial charge < -0.3 is 0 Å². The fourth-order valence-electron chi connectivity index (χ4n) is 3.39.